The summed E-state index contributed by atoms with van der Waals surface area (Å²) in [5.41, 5.74) is 0.547. The van der Waals surface area contributed by atoms with Gasteiger partial charge in [0.25, 0.3) is 5.91 Å². The third-order valence-electron chi connectivity index (χ3n) is 3.92. The Kier molecular flexibility index (Phi) is 5.82. The third kappa shape index (κ3) is 4.95. The molecule has 1 fully saturated rings. The van der Waals surface area contributed by atoms with Gasteiger partial charge in [-0.25, -0.2) is 8.42 Å². The first-order chi connectivity index (χ1) is 11.3. The number of carbonyl (C=O) groups excluding carboxylic acids is 2. The Morgan fingerprint density at radius 3 is 2.33 bits per heavy atom. The van der Waals surface area contributed by atoms with Crippen molar-refractivity contribution in [2.75, 3.05) is 45.3 Å². The fraction of sp³-hybridized carbons (Fsp3) is 0.500. The predicted molar refractivity (Wildman–Crippen MR) is 89.8 cm³/mol. The minimum Gasteiger partial charge on any atom is -0.497 e. The zero-order chi connectivity index (χ0) is 17.7. The van der Waals surface area contributed by atoms with Gasteiger partial charge in [0.05, 0.1) is 12.9 Å². The van der Waals surface area contributed by atoms with Gasteiger partial charge in [-0.05, 0) is 18.2 Å². The summed E-state index contributed by atoms with van der Waals surface area (Å²) in [6.45, 7) is 1.69. The van der Waals surface area contributed by atoms with Crippen molar-refractivity contribution >= 4 is 21.7 Å². The molecule has 1 saturated heterocycles. The van der Waals surface area contributed by atoms with Crippen LogP contribution in [0.5, 0.6) is 5.75 Å². The summed E-state index contributed by atoms with van der Waals surface area (Å²) < 4.78 is 27.4. The highest BCUT2D eigenvalue weighted by Gasteiger charge is 2.25. The van der Waals surface area contributed by atoms with Crippen molar-refractivity contribution in [2.24, 2.45) is 0 Å². The second-order valence-corrected chi connectivity index (χ2v) is 8.04. The van der Waals surface area contributed by atoms with E-state index in [4.69, 9.17) is 4.74 Å². The van der Waals surface area contributed by atoms with E-state index in [1.807, 2.05) is 0 Å². The largest absolute Gasteiger partial charge is 0.497 e. The smallest absolute Gasteiger partial charge is 0.254 e. The molecule has 0 saturated carbocycles. The summed E-state index contributed by atoms with van der Waals surface area (Å²) in [4.78, 5) is 27.8. The van der Waals surface area contributed by atoms with E-state index in [0.29, 0.717) is 37.5 Å². The molecule has 2 amide bonds. The topological polar surface area (TPSA) is 84.0 Å². The van der Waals surface area contributed by atoms with Crippen molar-refractivity contribution in [1.82, 2.24) is 9.80 Å². The van der Waals surface area contributed by atoms with Crippen LogP contribution in [0.3, 0.4) is 0 Å². The molecule has 0 aliphatic carbocycles. The minimum atomic E-state index is -3.15. The first-order valence-corrected chi connectivity index (χ1v) is 9.75. The molecule has 1 aliphatic rings. The van der Waals surface area contributed by atoms with Crippen LogP contribution in [0, 0.1) is 0 Å². The molecule has 0 N–H and O–H groups in total. The number of amides is 2. The molecule has 1 aliphatic heterocycles. The summed E-state index contributed by atoms with van der Waals surface area (Å²) in [7, 11) is -1.60. The average Bonchev–Trinajstić information content (AvgIpc) is 2.58. The molecule has 0 radical (unpaired) electrons. The molecule has 7 nitrogen and oxygen atoms in total. The van der Waals surface area contributed by atoms with Crippen LogP contribution in [0.15, 0.2) is 24.3 Å². The Bertz CT molecular complexity index is 709. The SMILES string of the molecule is COc1cccc(C(=O)N2CCN(C(=O)CCS(C)(=O)=O)CC2)c1. The minimum absolute atomic E-state index is 0.0112. The molecule has 132 valence electrons. The number of ether oxygens (including phenoxy) is 1. The van der Waals surface area contributed by atoms with Gasteiger partial charge in [0.1, 0.15) is 15.6 Å². The van der Waals surface area contributed by atoms with Crippen LogP contribution in [-0.2, 0) is 14.6 Å². The second-order valence-electron chi connectivity index (χ2n) is 5.78. The number of sulfone groups is 1. The van der Waals surface area contributed by atoms with E-state index in [1.165, 1.54) is 0 Å². The monoisotopic (exact) mass is 354 g/mol. The first kappa shape index (κ1) is 18.3. The van der Waals surface area contributed by atoms with Crippen LogP contribution in [0.25, 0.3) is 0 Å². The highest BCUT2D eigenvalue weighted by atomic mass is 32.2. The van der Waals surface area contributed by atoms with Crippen LogP contribution >= 0.6 is 0 Å². The molecule has 2 rings (SSSR count). The molecule has 0 unspecified atom stereocenters. The zero-order valence-electron chi connectivity index (χ0n) is 13.9. The quantitative estimate of drug-likeness (QED) is 0.765. The Morgan fingerprint density at radius 1 is 1.12 bits per heavy atom. The average molecular weight is 354 g/mol. The van der Waals surface area contributed by atoms with Crippen LogP contribution < -0.4 is 4.74 Å². The van der Waals surface area contributed by atoms with E-state index in [2.05, 4.69) is 0 Å². The van der Waals surface area contributed by atoms with Crippen molar-refractivity contribution in [2.45, 2.75) is 6.42 Å². The van der Waals surface area contributed by atoms with Gasteiger partial charge in [-0.15, -0.1) is 0 Å². The van der Waals surface area contributed by atoms with E-state index in [0.717, 1.165) is 6.26 Å². The van der Waals surface area contributed by atoms with Gasteiger partial charge in [0.2, 0.25) is 5.91 Å². The molecule has 1 aromatic rings. The number of hydrogen-bond donors (Lipinski definition) is 0. The maximum atomic E-state index is 12.5. The van der Waals surface area contributed by atoms with Crippen molar-refractivity contribution in [3.63, 3.8) is 0 Å². The van der Waals surface area contributed by atoms with Gasteiger partial charge in [-0.3, -0.25) is 9.59 Å². The number of benzene rings is 1. The predicted octanol–water partition coefficient (Wildman–Crippen LogP) is 0.414. The van der Waals surface area contributed by atoms with Crippen LogP contribution in [0.2, 0.25) is 0 Å². The fourth-order valence-corrected chi connectivity index (χ4v) is 3.07. The number of nitrogens with zero attached hydrogens (tertiary/aromatic N) is 2. The number of piperazine rings is 1. The molecule has 8 heteroatoms. The maximum Gasteiger partial charge on any atom is 0.254 e. The molecule has 0 aromatic heterocycles. The van der Waals surface area contributed by atoms with Crippen LogP contribution in [0.1, 0.15) is 16.8 Å². The lowest BCUT2D eigenvalue weighted by Crippen LogP contribution is -2.50. The molecule has 0 atom stereocenters. The Morgan fingerprint density at radius 2 is 1.75 bits per heavy atom. The lowest BCUT2D eigenvalue weighted by Gasteiger charge is -2.35. The first-order valence-electron chi connectivity index (χ1n) is 7.69. The molecular formula is C16H22N2O5S. The molecule has 0 bridgehead atoms. The summed E-state index contributed by atoms with van der Waals surface area (Å²) in [6, 6.07) is 6.95. The van der Waals surface area contributed by atoms with Crippen LogP contribution in [-0.4, -0.2) is 75.3 Å². The second kappa shape index (κ2) is 7.65. The normalized spacial score (nSPS) is 15.2. The number of rotatable bonds is 5. The zero-order valence-corrected chi connectivity index (χ0v) is 14.7. The van der Waals surface area contributed by atoms with Gasteiger partial charge in [0, 0.05) is 44.4 Å². The lowest BCUT2D eigenvalue weighted by molar-refractivity contribution is -0.132. The van der Waals surface area contributed by atoms with E-state index in [-0.39, 0.29) is 24.0 Å². The standard InChI is InChI=1S/C16H22N2O5S/c1-23-14-5-3-4-13(12-14)16(20)18-9-7-17(8-10-18)15(19)6-11-24(2,21)22/h3-5,12H,6-11H2,1-2H3. The van der Waals surface area contributed by atoms with Gasteiger partial charge >= 0.3 is 0 Å². The molecular weight excluding hydrogens is 332 g/mol. The van der Waals surface area contributed by atoms with Crippen molar-refractivity contribution in [3.8, 4) is 5.75 Å². The van der Waals surface area contributed by atoms with Gasteiger partial charge in [-0.2, -0.15) is 0 Å². The van der Waals surface area contributed by atoms with Gasteiger partial charge in [-0.1, -0.05) is 6.07 Å². The van der Waals surface area contributed by atoms with E-state index in [1.54, 1.807) is 41.2 Å². The Balaban J connectivity index is 1.90. The van der Waals surface area contributed by atoms with Crippen molar-refractivity contribution in [1.29, 1.82) is 0 Å². The van der Waals surface area contributed by atoms with Crippen molar-refractivity contribution in [3.05, 3.63) is 29.8 Å². The summed E-state index contributed by atoms with van der Waals surface area (Å²) in [6.07, 6.45) is 1.10. The number of methoxy groups -OCH3 is 1. The number of carbonyl (C=O) groups is 2. The summed E-state index contributed by atoms with van der Waals surface area (Å²) >= 11 is 0. The van der Waals surface area contributed by atoms with Crippen LogP contribution in [0.4, 0.5) is 0 Å². The lowest BCUT2D eigenvalue weighted by atomic mass is 10.1. The third-order valence-corrected chi connectivity index (χ3v) is 4.87. The molecule has 0 spiro atoms. The fourth-order valence-electron chi connectivity index (χ4n) is 2.53. The molecule has 24 heavy (non-hydrogen) atoms. The molecule has 1 aromatic carbocycles. The highest BCUT2D eigenvalue weighted by molar-refractivity contribution is 7.90. The van der Waals surface area contributed by atoms with Crippen molar-refractivity contribution < 1.29 is 22.7 Å². The molecule has 1 heterocycles. The number of hydrogen-bond acceptors (Lipinski definition) is 5. The summed E-state index contributed by atoms with van der Waals surface area (Å²) in [5.74, 6) is 0.191. The van der Waals surface area contributed by atoms with E-state index < -0.39 is 9.84 Å². The maximum absolute atomic E-state index is 12.5. The van der Waals surface area contributed by atoms with Gasteiger partial charge in [0.15, 0.2) is 0 Å². The summed E-state index contributed by atoms with van der Waals surface area (Å²) in [5, 5.41) is 0. The Labute approximate surface area is 142 Å². The van der Waals surface area contributed by atoms with Gasteiger partial charge < -0.3 is 14.5 Å². The highest BCUT2D eigenvalue weighted by Crippen LogP contribution is 2.15. The Hall–Kier alpha value is -2.09. The van der Waals surface area contributed by atoms with E-state index in [9.17, 15) is 18.0 Å². The van der Waals surface area contributed by atoms with E-state index >= 15 is 0 Å².